The number of amides is 1. The van der Waals surface area contributed by atoms with Gasteiger partial charge in [-0.15, -0.1) is 5.10 Å². The number of aromatic nitrogens is 2. The van der Waals surface area contributed by atoms with Crippen LogP contribution in [0, 0.1) is 10.8 Å². The summed E-state index contributed by atoms with van der Waals surface area (Å²) >= 11 is 11.4. The van der Waals surface area contributed by atoms with Gasteiger partial charge in [-0.25, -0.2) is 4.68 Å². The Labute approximate surface area is 186 Å². The number of ether oxygens (including phenoxy) is 1. The molecule has 30 heavy (non-hydrogen) atoms. The molecule has 2 aliphatic heterocycles. The summed E-state index contributed by atoms with van der Waals surface area (Å²) in [6.45, 7) is 7.62. The van der Waals surface area contributed by atoms with Gasteiger partial charge in [-0.3, -0.25) is 9.69 Å². The Morgan fingerprint density at radius 2 is 1.93 bits per heavy atom. The molecule has 0 radical (unpaired) electrons. The molecule has 2 saturated heterocycles. The first-order chi connectivity index (χ1) is 14.4. The SMILES string of the molecule is CC1CN(C(=O)C2CCN(Cn3nc(-c4cccc(Cl)c4)oc3=S)CC2)CC(C)O1. The Balaban J connectivity index is 1.34. The van der Waals surface area contributed by atoms with Gasteiger partial charge in [0, 0.05) is 42.7 Å². The minimum absolute atomic E-state index is 0.0750. The fourth-order valence-electron chi connectivity index (χ4n) is 4.26. The molecule has 2 fully saturated rings. The normalized spacial score (nSPS) is 23.6. The highest BCUT2D eigenvalue weighted by Crippen LogP contribution is 2.24. The molecule has 0 bridgehead atoms. The summed E-state index contributed by atoms with van der Waals surface area (Å²) < 4.78 is 13.1. The lowest BCUT2D eigenvalue weighted by Gasteiger charge is -2.39. The quantitative estimate of drug-likeness (QED) is 0.659. The number of nitrogens with zero attached hydrogens (tertiary/aromatic N) is 4. The van der Waals surface area contributed by atoms with Crippen LogP contribution in [0.25, 0.3) is 11.5 Å². The molecular formula is C21H27ClN4O3S. The minimum atomic E-state index is 0.0750. The summed E-state index contributed by atoms with van der Waals surface area (Å²) in [7, 11) is 0. The number of hydrogen-bond donors (Lipinski definition) is 0. The Kier molecular flexibility index (Phi) is 6.57. The number of piperidine rings is 1. The standard InChI is InChI=1S/C21H27ClN4O3S/c1-14-11-25(12-15(2)28-14)20(27)16-6-8-24(9-7-16)13-26-21(30)29-19(23-26)17-4-3-5-18(22)10-17/h3-5,10,14-16H,6-9,11-13H2,1-2H3. The van der Waals surface area contributed by atoms with E-state index in [0.717, 1.165) is 31.5 Å². The smallest absolute Gasteiger partial charge is 0.288 e. The zero-order valence-corrected chi connectivity index (χ0v) is 18.9. The molecule has 3 heterocycles. The van der Waals surface area contributed by atoms with Gasteiger partial charge in [-0.2, -0.15) is 0 Å². The van der Waals surface area contributed by atoms with Crippen LogP contribution in [0.3, 0.4) is 0 Å². The van der Waals surface area contributed by atoms with E-state index in [1.165, 1.54) is 0 Å². The summed E-state index contributed by atoms with van der Waals surface area (Å²) in [6, 6.07) is 7.35. The van der Waals surface area contributed by atoms with E-state index in [4.69, 9.17) is 33.0 Å². The molecule has 4 rings (SSSR count). The molecule has 1 aromatic heterocycles. The van der Waals surface area contributed by atoms with Crippen molar-refractivity contribution in [2.24, 2.45) is 5.92 Å². The van der Waals surface area contributed by atoms with Crippen molar-refractivity contribution in [3.63, 3.8) is 0 Å². The first kappa shape index (κ1) is 21.5. The number of likely N-dealkylation sites (tertiary alicyclic amines) is 1. The number of carbonyl (C=O) groups is 1. The molecule has 2 aliphatic rings. The summed E-state index contributed by atoms with van der Waals surface area (Å²) in [5.41, 5.74) is 0.797. The highest BCUT2D eigenvalue weighted by Gasteiger charge is 2.32. The molecule has 2 atom stereocenters. The van der Waals surface area contributed by atoms with Gasteiger partial charge in [0.05, 0.1) is 18.9 Å². The predicted octanol–water partition coefficient (Wildman–Crippen LogP) is 3.83. The number of carbonyl (C=O) groups excluding carboxylic acids is 1. The fraction of sp³-hybridized carbons (Fsp3) is 0.571. The van der Waals surface area contributed by atoms with E-state index in [1.54, 1.807) is 16.8 Å². The fourth-order valence-corrected chi connectivity index (χ4v) is 4.63. The highest BCUT2D eigenvalue weighted by atomic mass is 35.5. The van der Waals surface area contributed by atoms with Crippen LogP contribution in [0.1, 0.15) is 26.7 Å². The largest absolute Gasteiger partial charge is 0.409 e. The molecule has 162 valence electrons. The van der Waals surface area contributed by atoms with Crippen LogP contribution in [0.5, 0.6) is 0 Å². The van der Waals surface area contributed by atoms with Crippen molar-refractivity contribution < 1.29 is 13.9 Å². The van der Waals surface area contributed by atoms with Crippen LogP contribution in [0.15, 0.2) is 28.7 Å². The van der Waals surface area contributed by atoms with Gasteiger partial charge in [-0.05, 0) is 57.1 Å². The summed E-state index contributed by atoms with van der Waals surface area (Å²) in [6.07, 6.45) is 1.87. The van der Waals surface area contributed by atoms with Crippen LogP contribution in [0.4, 0.5) is 0 Å². The average molecular weight is 451 g/mol. The molecule has 0 aliphatic carbocycles. The summed E-state index contributed by atoms with van der Waals surface area (Å²) in [5.74, 6) is 0.798. The molecule has 1 aromatic carbocycles. The van der Waals surface area contributed by atoms with Crippen molar-refractivity contribution in [2.45, 2.75) is 45.6 Å². The van der Waals surface area contributed by atoms with E-state index in [1.807, 2.05) is 30.9 Å². The number of hydrogen-bond acceptors (Lipinski definition) is 6. The lowest BCUT2D eigenvalue weighted by molar-refractivity contribution is -0.149. The monoisotopic (exact) mass is 450 g/mol. The van der Waals surface area contributed by atoms with Crippen LogP contribution in [0.2, 0.25) is 5.02 Å². The van der Waals surface area contributed by atoms with Gasteiger partial charge in [0.15, 0.2) is 0 Å². The Bertz CT molecular complexity index is 944. The average Bonchev–Trinajstić information content (AvgIpc) is 3.08. The zero-order chi connectivity index (χ0) is 21.3. The van der Waals surface area contributed by atoms with Crippen LogP contribution >= 0.6 is 23.8 Å². The Morgan fingerprint density at radius 3 is 2.60 bits per heavy atom. The molecular weight excluding hydrogens is 424 g/mol. The molecule has 0 saturated carbocycles. The van der Waals surface area contributed by atoms with E-state index < -0.39 is 0 Å². The van der Waals surface area contributed by atoms with Gasteiger partial charge < -0.3 is 14.1 Å². The molecule has 1 amide bonds. The number of halogens is 1. The number of benzene rings is 1. The van der Waals surface area contributed by atoms with E-state index in [-0.39, 0.29) is 24.0 Å². The number of morpholine rings is 1. The minimum Gasteiger partial charge on any atom is -0.409 e. The van der Waals surface area contributed by atoms with E-state index >= 15 is 0 Å². The van der Waals surface area contributed by atoms with Gasteiger partial charge in [0.2, 0.25) is 11.8 Å². The molecule has 0 spiro atoms. The second-order valence-electron chi connectivity index (χ2n) is 8.22. The van der Waals surface area contributed by atoms with Crippen molar-refractivity contribution in [1.29, 1.82) is 0 Å². The lowest BCUT2D eigenvalue weighted by Crippen LogP contribution is -2.51. The topological polar surface area (TPSA) is 63.7 Å². The second-order valence-corrected chi connectivity index (χ2v) is 9.00. The molecule has 0 N–H and O–H groups in total. The van der Waals surface area contributed by atoms with Crippen LogP contribution < -0.4 is 0 Å². The van der Waals surface area contributed by atoms with Crippen LogP contribution in [-0.2, 0) is 16.2 Å². The van der Waals surface area contributed by atoms with E-state index in [2.05, 4.69) is 10.00 Å². The van der Waals surface area contributed by atoms with Gasteiger partial charge in [-0.1, -0.05) is 17.7 Å². The van der Waals surface area contributed by atoms with Crippen molar-refractivity contribution >= 4 is 29.7 Å². The van der Waals surface area contributed by atoms with Crippen molar-refractivity contribution in [3.05, 3.63) is 34.1 Å². The lowest BCUT2D eigenvalue weighted by atomic mass is 9.95. The Hall–Kier alpha value is -1.74. The maximum Gasteiger partial charge on any atom is 0.288 e. The van der Waals surface area contributed by atoms with Gasteiger partial charge in [0.25, 0.3) is 4.84 Å². The zero-order valence-electron chi connectivity index (χ0n) is 17.3. The van der Waals surface area contributed by atoms with E-state index in [9.17, 15) is 4.79 Å². The third-order valence-corrected chi connectivity index (χ3v) is 6.21. The third-order valence-electron chi connectivity index (χ3n) is 5.68. The third kappa shape index (κ3) is 4.94. The summed E-state index contributed by atoms with van der Waals surface area (Å²) in [4.78, 5) is 17.5. The van der Waals surface area contributed by atoms with E-state index in [0.29, 0.717) is 35.5 Å². The van der Waals surface area contributed by atoms with Gasteiger partial charge >= 0.3 is 0 Å². The molecule has 7 nitrogen and oxygen atoms in total. The Morgan fingerprint density at radius 1 is 1.23 bits per heavy atom. The van der Waals surface area contributed by atoms with Crippen LogP contribution in [-0.4, -0.2) is 63.9 Å². The molecule has 9 heteroatoms. The molecule has 2 unspecified atom stereocenters. The molecule has 2 aromatic rings. The van der Waals surface area contributed by atoms with Gasteiger partial charge in [0.1, 0.15) is 0 Å². The van der Waals surface area contributed by atoms with Crippen molar-refractivity contribution in [2.75, 3.05) is 26.2 Å². The predicted molar refractivity (Wildman–Crippen MR) is 117 cm³/mol. The summed E-state index contributed by atoms with van der Waals surface area (Å²) in [5, 5.41) is 5.14. The number of rotatable bonds is 4. The van der Waals surface area contributed by atoms with Crippen molar-refractivity contribution in [3.8, 4) is 11.5 Å². The highest BCUT2D eigenvalue weighted by molar-refractivity contribution is 7.71. The van der Waals surface area contributed by atoms with Crippen molar-refractivity contribution in [1.82, 2.24) is 19.6 Å². The first-order valence-corrected chi connectivity index (χ1v) is 11.2. The maximum atomic E-state index is 12.9. The first-order valence-electron chi connectivity index (χ1n) is 10.4. The maximum absolute atomic E-state index is 12.9. The second kappa shape index (κ2) is 9.18.